The van der Waals surface area contributed by atoms with Gasteiger partial charge in [-0.25, -0.2) is 0 Å². The number of hydrogen-bond acceptors (Lipinski definition) is 2. The third kappa shape index (κ3) is 11.1. The van der Waals surface area contributed by atoms with Crippen molar-refractivity contribution in [2.24, 2.45) is 5.73 Å². The van der Waals surface area contributed by atoms with E-state index in [9.17, 15) is 0 Å². The van der Waals surface area contributed by atoms with Crippen LogP contribution in [-0.4, -0.2) is 11.8 Å². The molecule has 3 N–H and O–H groups in total. The van der Waals surface area contributed by atoms with E-state index in [-0.39, 0.29) is 19.1 Å². The van der Waals surface area contributed by atoms with Crippen molar-refractivity contribution in [3.05, 3.63) is 0 Å². The average molecular weight is 168 g/mol. The van der Waals surface area contributed by atoms with E-state index in [0.29, 0.717) is 0 Å². The van der Waals surface area contributed by atoms with Crippen LogP contribution in [0.5, 0.6) is 0 Å². The summed E-state index contributed by atoms with van der Waals surface area (Å²) in [6.07, 6.45) is 9.00. The van der Waals surface area contributed by atoms with E-state index in [1.165, 1.54) is 38.5 Å². The van der Waals surface area contributed by atoms with Crippen LogP contribution in [0.3, 0.4) is 0 Å². The molecule has 3 heteroatoms. The standard InChI is InChI=1S/C6H12.CH5NO.ClH/c1-2-4-6-5-3-1;2-1-3;/h1-6H2;3H,1-2H2;1H. The van der Waals surface area contributed by atoms with Gasteiger partial charge in [0.15, 0.2) is 0 Å². The Morgan fingerprint density at radius 3 is 1.10 bits per heavy atom. The van der Waals surface area contributed by atoms with Crippen LogP contribution in [0.4, 0.5) is 0 Å². The van der Waals surface area contributed by atoms with Crippen molar-refractivity contribution in [2.45, 2.75) is 38.5 Å². The van der Waals surface area contributed by atoms with Crippen LogP contribution in [0.15, 0.2) is 0 Å². The lowest BCUT2D eigenvalue weighted by molar-refractivity contribution is 0.307. The fourth-order valence-electron chi connectivity index (χ4n) is 1.06. The minimum Gasteiger partial charge on any atom is -0.382 e. The van der Waals surface area contributed by atoms with Gasteiger partial charge in [-0.15, -0.1) is 12.4 Å². The molecule has 0 aromatic carbocycles. The van der Waals surface area contributed by atoms with Crippen LogP contribution in [0.25, 0.3) is 0 Å². The van der Waals surface area contributed by atoms with Gasteiger partial charge in [-0.1, -0.05) is 38.5 Å². The van der Waals surface area contributed by atoms with Crippen molar-refractivity contribution >= 4 is 12.4 Å². The highest BCUT2D eigenvalue weighted by Crippen LogP contribution is 2.15. The maximum absolute atomic E-state index is 7.35. The summed E-state index contributed by atoms with van der Waals surface area (Å²) in [5.41, 5.74) is 4.40. The van der Waals surface area contributed by atoms with Crippen molar-refractivity contribution in [2.75, 3.05) is 6.73 Å². The maximum Gasteiger partial charge on any atom is 0.0906 e. The van der Waals surface area contributed by atoms with E-state index in [2.05, 4.69) is 5.73 Å². The summed E-state index contributed by atoms with van der Waals surface area (Å²) in [5, 5.41) is 7.35. The molecule has 1 saturated carbocycles. The topological polar surface area (TPSA) is 46.2 Å². The summed E-state index contributed by atoms with van der Waals surface area (Å²) in [6, 6.07) is 0. The Kier molecular flexibility index (Phi) is 15.3. The quantitative estimate of drug-likeness (QED) is 0.539. The highest BCUT2D eigenvalue weighted by atomic mass is 35.5. The summed E-state index contributed by atoms with van der Waals surface area (Å²) < 4.78 is 0. The SMILES string of the molecule is C1CCCCC1.Cl.NCO. The number of rotatable bonds is 0. The van der Waals surface area contributed by atoms with Crippen LogP contribution in [0.2, 0.25) is 0 Å². The van der Waals surface area contributed by atoms with Crippen LogP contribution < -0.4 is 5.73 Å². The van der Waals surface area contributed by atoms with Gasteiger partial charge in [0.1, 0.15) is 0 Å². The van der Waals surface area contributed by atoms with Crippen LogP contribution in [-0.2, 0) is 0 Å². The fourth-order valence-corrected chi connectivity index (χ4v) is 1.06. The highest BCUT2D eigenvalue weighted by Gasteiger charge is 1.95. The molecule has 1 rings (SSSR count). The average Bonchev–Trinajstić information content (AvgIpc) is 1.93. The molecule has 1 fully saturated rings. The minimum atomic E-state index is -0.250. The first-order valence-electron chi connectivity index (χ1n) is 3.72. The Morgan fingerprint density at radius 1 is 0.900 bits per heavy atom. The minimum absolute atomic E-state index is 0. The van der Waals surface area contributed by atoms with Gasteiger partial charge in [-0.3, -0.25) is 0 Å². The molecule has 0 unspecified atom stereocenters. The second-order valence-corrected chi connectivity index (χ2v) is 2.30. The molecule has 10 heavy (non-hydrogen) atoms. The van der Waals surface area contributed by atoms with Crippen molar-refractivity contribution in [1.82, 2.24) is 0 Å². The monoisotopic (exact) mass is 167 g/mol. The van der Waals surface area contributed by atoms with Gasteiger partial charge in [0, 0.05) is 0 Å². The van der Waals surface area contributed by atoms with E-state index in [1.54, 1.807) is 0 Å². The molecule has 0 aromatic heterocycles. The Hall–Kier alpha value is 0.210. The highest BCUT2D eigenvalue weighted by molar-refractivity contribution is 5.85. The first-order chi connectivity index (χ1) is 4.41. The molecule has 0 atom stereocenters. The van der Waals surface area contributed by atoms with Gasteiger partial charge in [-0.2, -0.15) is 0 Å². The lowest BCUT2D eigenvalue weighted by atomic mass is 10.0. The number of aliphatic hydroxyl groups excluding tert-OH is 1. The second kappa shape index (κ2) is 11.9. The predicted molar refractivity (Wildman–Crippen MR) is 46.2 cm³/mol. The molecule has 0 bridgehead atoms. The molecule has 0 amide bonds. The van der Waals surface area contributed by atoms with Gasteiger partial charge in [-0.05, 0) is 0 Å². The summed E-state index contributed by atoms with van der Waals surface area (Å²) in [6.45, 7) is -0.250. The number of nitrogens with two attached hydrogens (primary N) is 1. The summed E-state index contributed by atoms with van der Waals surface area (Å²) >= 11 is 0. The molecule has 0 spiro atoms. The third-order valence-corrected chi connectivity index (χ3v) is 1.50. The molecular formula is C7H18ClNO. The first kappa shape index (κ1) is 12.8. The number of halogens is 1. The number of aliphatic hydroxyl groups is 1. The Labute approximate surface area is 69.2 Å². The smallest absolute Gasteiger partial charge is 0.0906 e. The van der Waals surface area contributed by atoms with Crippen LogP contribution in [0.1, 0.15) is 38.5 Å². The Morgan fingerprint density at radius 2 is 1.00 bits per heavy atom. The van der Waals surface area contributed by atoms with E-state index in [4.69, 9.17) is 5.11 Å². The molecule has 0 radical (unpaired) electrons. The predicted octanol–water partition coefficient (Wildman–Crippen LogP) is 1.66. The molecular weight excluding hydrogens is 150 g/mol. The summed E-state index contributed by atoms with van der Waals surface area (Å²) in [5.74, 6) is 0. The lowest BCUT2D eigenvalue weighted by Gasteiger charge is -2.05. The summed E-state index contributed by atoms with van der Waals surface area (Å²) in [4.78, 5) is 0. The normalized spacial score (nSPS) is 16.2. The van der Waals surface area contributed by atoms with Gasteiger partial charge in [0.25, 0.3) is 0 Å². The molecule has 0 aromatic rings. The Balaban J connectivity index is 0. The van der Waals surface area contributed by atoms with E-state index in [0.717, 1.165) is 0 Å². The van der Waals surface area contributed by atoms with E-state index >= 15 is 0 Å². The van der Waals surface area contributed by atoms with Crippen molar-refractivity contribution < 1.29 is 5.11 Å². The second-order valence-electron chi connectivity index (χ2n) is 2.30. The van der Waals surface area contributed by atoms with Crippen LogP contribution >= 0.6 is 12.4 Å². The van der Waals surface area contributed by atoms with Crippen molar-refractivity contribution in [3.63, 3.8) is 0 Å². The van der Waals surface area contributed by atoms with Crippen molar-refractivity contribution in [1.29, 1.82) is 0 Å². The van der Waals surface area contributed by atoms with E-state index < -0.39 is 0 Å². The molecule has 0 saturated heterocycles. The molecule has 1 aliphatic rings. The molecule has 0 aliphatic heterocycles. The molecule has 2 nitrogen and oxygen atoms in total. The van der Waals surface area contributed by atoms with Gasteiger partial charge >= 0.3 is 0 Å². The van der Waals surface area contributed by atoms with Gasteiger partial charge in [0.05, 0.1) is 6.73 Å². The molecule has 0 heterocycles. The Bertz CT molecular complexity index is 37.4. The zero-order chi connectivity index (χ0) is 6.95. The maximum atomic E-state index is 7.35. The third-order valence-electron chi connectivity index (χ3n) is 1.50. The fraction of sp³-hybridized carbons (Fsp3) is 1.00. The van der Waals surface area contributed by atoms with Crippen LogP contribution in [0, 0.1) is 0 Å². The molecule has 1 aliphatic carbocycles. The first-order valence-corrected chi connectivity index (χ1v) is 3.72. The largest absolute Gasteiger partial charge is 0.382 e. The number of hydrogen-bond donors (Lipinski definition) is 2. The van der Waals surface area contributed by atoms with E-state index in [1.807, 2.05) is 0 Å². The van der Waals surface area contributed by atoms with Gasteiger partial charge < -0.3 is 10.8 Å². The van der Waals surface area contributed by atoms with Crippen molar-refractivity contribution in [3.8, 4) is 0 Å². The summed E-state index contributed by atoms with van der Waals surface area (Å²) in [7, 11) is 0. The molecule has 64 valence electrons. The zero-order valence-electron chi connectivity index (χ0n) is 6.38. The lowest BCUT2D eigenvalue weighted by Crippen LogP contribution is -1.92. The zero-order valence-corrected chi connectivity index (χ0v) is 7.20. The van der Waals surface area contributed by atoms with Gasteiger partial charge in [0.2, 0.25) is 0 Å².